The van der Waals surface area contributed by atoms with Crippen LogP contribution in [0.1, 0.15) is 5.56 Å². The monoisotopic (exact) mass is 294 g/mol. The first-order valence-electron chi connectivity index (χ1n) is 6.46. The van der Waals surface area contributed by atoms with Gasteiger partial charge < -0.3 is 14.2 Å². The summed E-state index contributed by atoms with van der Waals surface area (Å²) in [7, 11) is 1.53. The van der Waals surface area contributed by atoms with Gasteiger partial charge in [-0.2, -0.15) is 8.78 Å². The molecule has 0 atom stereocenters. The second-order valence-corrected chi connectivity index (χ2v) is 4.31. The number of hydrogen-bond donors (Lipinski definition) is 0. The summed E-state index contributed by atoms with van der Waals surface area (Å²) >= 11 is 0. The second-order valence-electron chi connectivity index (χ2n) is 4.31. The van der Waals surface area contributed by atoms with E-state index in [1.165, 1.54) is 7.11 Å². The summed E-state index contributed by atoms with van der Waals surface area (Å²) in [5, 5.41) is 1.86. The van der Waals surface area contributed by atoms with Crippen LogP contribution in [-0.4, -0.2) is 27.1 Å². The molecule has 0 aromatic heterocycles. The molecular formula is C16H16F2O3. The smallest absolute Gasteiger partial charge is 0.312 e. The number of hydrogen-bond acceptors (Lipinski definition) is 3. The van der Waals surface area contributed by atoms with Crippen LogP contribution < -0.4 is 0 Å². The van der Waals surface area contributed by atoms with E-state index in [1.54, 1.807) is 18.2 Å². The molecule has 2 aromatic carbocycles. The Morgan fingerprint density at radius 1 is 1.00 bits per heavy atom. The summed E-state index contributed by atoms with van der Waals surface area (Å²) in [4.78, 5) is 0. The molecule has 0 saturated heterocycles. The third-order valence-electron chi connectivity index (χ3n) is 2.90. The molecule has 2 rings (SSSR count). The lowest BCUT2D eigenvalue weighted by Gasteiger charge is -2.11. The Morgan fingerprint density at radius 2 is 1.76 bits per heavy atom. The van der Waals surface area contributed by atoms with Gasteiger partial charge in [-0.25, -0.2) is 0 Å². The van der Waals surface area contributed by atoms with Crippen molar-refractivity contribution in [3.8, 4) is 0 Å². The lowest BCUT2D eigenvalue weighted by atomic mass is 10.1. The fourth-order valence-corrected chi connectivity index (χ4v) is 1.88. The fourth-order valence-electron chi connectivity index (χ4n) is 1.88. The molecule has 0 bridgehead atoms. The molecule has 0 amide bonds. The molecule has 0 aliphatic carbocycles. The summed E-state index contributed by atoms with van der Waals surface area (Å²) in [6, 6.07) is 12.6. The van der Waals surface area contributed by atoms with E-state index in [2.05, 4.69) is 0 Å². The van der Waals surface area contributed by atoms with Crippen molar-refractivity contribution in [2.75, 3.05) is 27.1 Å². The highest BCUT2D eigenvalue weighted by Crippen LogP contribution is 2.25. The van der Waals surface area contributed by atoms with E-state index in [-0.39, 0.29) is 13.4 Å². The van der Waals surface area contributed by atoms with Crippen molar-refractivity contribution in [1.29, 1.82) is 0 Å². The van der Waals surface area contributed by atoms with Gasteiger partial charge in [0.25, 0.3) is 0 Å². The van der Waals surface area contributed by atoms with E-state index in [1.807, 2.05) is 24.3 Å². The highest BCUT2D eigenvalue weighted by atomic mass is 19.3. The fraction of sp³-hybridized carbons (Fsp3) is 0.250. The number of benzene rings is 2. The maximum atomic E-state index is 13.0. The van der Waals surface area contributed by atoms with Crippen LogP contribution in [0.3, 0.4) is 0 Å². The lowest BCUT2D eigenvalue weighted by Crippen LogP contribution is -2.06. The zero-order valence-electron chi connectivity index (χ0n) is 11.6. The van der Waals surface area contributed by atoms with Crippen LogP contribution in [0.15, 0.2) is 48.5 Å². The third-order valence-corrected chi connectivity index (χ3v) is 2.90. The zero-order chi connectivity index (χ0) is 15.1. The van der Waals surface area contributed by atoms with E-state index in [0.29, 0.717) is 12.2 Å². The Labute approximate surface area is 121 Å². The molecule has 21 heavy (non-hydrogen) atoms. The Hall–Kier alpha value is -1.98. The first kappa shape index (κ1) is 15.4. The third kappa shape index (κ3) is 4.24. The predicted octanol–water partition coefficient (Wildman–Crippen LogP) is 4.04. The Balaban J connectivity index is 2.11. The summed E-state index contributed by atoms with van der Waals surface area (Å²) in [5.74, 6) is -0.460. The minimum Gasteiger partial charge on any atom is -0.461 e. The summed E-state index contributed by atoms with van der Waals surface area (Å²) in [6.07, 6.45) is -1.87. The summed E-state index contributed by atoms with van der Waals surface area (Å²) in [5.41, 5.74) is 0.323. The molecule has 0 fully saturated rings. The number of fused-ring (bicyclic) bond motifs is 1. The molecule has 0 heterocycles. The standard InChI is InChI=1S/C16H16F2O3/c1-19-8-9-20-11-21-15(16(17)18)14-7-6-12-4-2-3-5-13(12)10-14/h2-7,10H,8-9,11H2,1H3. The van der Waals surface area contributed by atoms with Crippen LogP contribution in [-0.2, 0) is 14.2 Å². The maximum Gasteiger partial charge on any atom is 0.312 e. The zero-order valence-corrected chi connectivity index (χ0v) is 11.6. The van der Waals surface area contributed by atoms with Crippen molar-refractivity contribution in [2.45, 2.75) is 0 Å². The molecule has 2 aromatic rings. The van der Waals surface area contributed by atoms with Crippen LogP contribution in [0.4, 0.5) is 8.78 Å². The van der Waals surface area contributed by atoms with Gasteiger partial charge >= 0.3 is 6.08 Å². The van der Waals surface area contributed by atoms with Gasteiger partial charge in [0.1, 0.15) is 0 Å². The summed E-state index contributed by atoms with van der Waals surface area (Å²) in [6.45, 7) is 0.425. The van der Waals surface area contributed by atoms with Crippen molar-refractivity contribution in [3.05, 3.63) is 54.1 Å². The Kier molecular flexibility index (Phi) is 5.66. The van der Waals surface area contributed by atoms with E-state index >= 15 is 0 Å². The van der Waals surface area contributed by atoms with Gasteiger partial charge in [0.2, 0.25) is 0 Å². The molecule has 3 nitrogen and oxygen atoms in total. The largest absolute Gasteiger partial charge is 0.461 e. The molecular weight excluding hydrogens is 278 g/mol. The minimum atomic E-state index is -1.87. The first-order valence-corrected chi connectivity index (χ1v) is 6.46. The van der Waals surface area contributed by atoms with E-state index in [9.17, 15) is 8.78 Å². The number of rotatable bonds is 7. The van der Waals surface area contributed by atoms with Gasteiger partial charge in [-0.1, -0.05) is 36.4 Å². The van der Waals surface area contributed by atoms with Gasteiger partial charge in [0, 0.05) is 12.7 Å². The van der Waals surface area contributed by atoms with Crippen LogP contribution in [0.5, 0.6) is 0 Å². The molecule has 0 aliphatic heterocycles. The van der Waals surface area contributed by atoms with Crippen LogP contribution in [0, 0.1) is 0 Å². The van der Waals surface area contributed by atoms with Gasteiger partial charge in [0.05, 0.1) is 13.2 Å². The van der Waals surface area contributed by atoms with Crippen molar-refractivity contribution < 1.29 is 23.0 Å². The van der Waals surface area contributed by atoms with Crippen molar-refractivity contribution in [3.63, 3.8) is 0 Å². The van der Waals surface area contributed by atoms with Gasteiger partial charge in [-0.15, -0.1) is 0 Å². The van der Waals surface area contributed by atoms with Crippen molar-refractivity contribution in [2.24, 2.45) is 0 Å². The highest BCUT2D eigenvalue weighted by Gasteiger charge is 2.12. The number of ether oxygens (including phenoxy) is 3. The molecule has 0 aliphatic rings. The average Bonchev–Trinajstić information content (AvgIpc) is 2.50. The number of halogens is 2. The van der Waals surface area contributed by atoms with Crippen molar-refractivity contribution >= 4 is 16.5 Å². The summed E-state index contributed by atoms with van der Waals surface area (Å²) < 4.78 is 40.9. The second kappa shape index (κ2) is 7.71. The molecule has 0 N–H and O–H groups in total. The molecule has 0 spiro atoms. The minimum absolute atomic E-state index is 0.247. The van der Waals surface area contributed by atoms with E-state index in [0.717, 1.165) is 10.8 Å². The molecule has 112 valence electrons. The molecule has 0 radical (unpaired) electrons. The molecule has 5 heteroatoms. The van der Waals surface area contributed by atoms with E-state index < -0.39 is 11.8 Å². The normalized spacial score (nSPS) is 10.6. The number of methoxy groups -OCH3 is 1. The van der Waals surface area contributed by atoms with Gasteiger partial charge in [-0.3, -0.25) is 0 Å². The van der Waals surface area contributed by atoms with Gasteiger partial charge in [0.15, 0.2) is 12.6 Å². The van der Waals surface area contributed by atoms with Gasteiger partial charge in [-0.05, 0) is 16.8 Å². The Morgan fingerprint density at radius 3 is 2.48 bits per heavy atom. The molecule has 0 unspecified atom stereocenters. The predicted molar refractivity (Wildman–Crippen MR) is 76.9 cm³/mol. The SMILES string of the molecule is COCCOCOC(=C(F)F)c1ccc2ccccc2c1. The highest BCUT2D eigenvalue weighted by molar-refractivity contribution is 5.85. The topological polar surface area (TPSA) is 27.7 Å². The first-order chi connectivity index (χ1) is 10.2. The molecule has 0 saturated carbocycles. The van der Waals surface area contributed by atoms with Crippen molar-refractivity contribution in [1.82, 2.24) is 0 Å². The lowest BCUT2D eigenvalue weighted by molar-refractivity contribution is -0.0236. The Bertz CT molecular complexity index is 622. The van der Waals surface area contributed by atoms with Crippen LogP contribution >= 0.6 is 0 Å². The quantitative estimate of drug-likeness (QED) is 0.438. The maximum absolute atomic E-state index is 13.0. The van der Waals surface area contributed by atoms with E-state index in [4.69, 9.17) is 14.2 Å². The van der Waals surface area contributed by atoms with Crippen LogP contribution in [0.25, 0.3) is 16.5 Å². The average molecular weight is 294 g/mol. The van der Waals surface area contributed by atoms with Crippen LogP contribution in [0.2, 0.25) is 0 Å².